The number of nitrogens with one attached hydrogen (secondary N) is 1. The van der Waals surface area contributed by atoms with Gasteiger partial charge in [-0.05, 0) is 39.5 Å². The lowest BCUT2D eigenvalue weighted by Crippen LogP contribution is -2.24. The third-order valence-electron chi connectivity index (χ3n) is 5.24. The van der Waals surface area contributed by atoms with Crippen LogP contribution in [-0.4, -0.2) is 33.0 Å². The van der Waals surface area contributed by atoms with E-state index in [4.69, 9.17) is 16.3 Å². The molecule has 3 heterocycles. The predicted molar refractivity (Wildman–Crippen MR) is 103 cm³/mol. The highest BCUT2D eigenvalue weighted by molar-refractivity contribution is 6.48. The van der Waals surface area contributed by atoms with Crippen molar-refractivity contribution in [2.45, 2.75) is 51.2 Å². The van der Waals surface area contributed by atoms with Gasteiger partial charge in [0.15, 0.2) is 5.67 Å². The summed E-state index contributed by atoms with van der Waals surface area (Å²) in [5.41, 5.74) is 2.09. The summed E-state index contributed by atoms with van der Waals surface area (Å²) in [5, 5.41) is 8.27. The Kier molecular flexibility index (Phi) is 4.68. The molecule has 144 valence electrons. The lowest BCUT2D eigenvalue weighted by Gasteiger charge is -2.25. The molecule has 4 rings (SSSR count). The van der Waals surface area contributed by atoms with Crippen molar-refractivity contribution in [3.63, 3.8) is 0 Å². The van der Waals surface area contributed by atoms with Crippen molar-refractivity contribution in [3.05, 3.63) is 35.4 Å². The SMILES string of the molecule is C=C(Cl)c1cnc(Nc2c(C)nn(C3CCOCC3)c2C2(F)CC2)nc1C. The fourth-order valence-corrected chi connectivity index (χ4v) is 3.76. The third kappa shape index (κ3) is 3.46. The molecule has 2 aromatic heterocycles. The van der Waals surface area contributed by atoms with E-state index in [-0.39, 0.29) is 6.04 Å². The normalized spacial score (nSPS) is 19.1. The van der Waals surface area contributed by atoms with Crippen LogP contribution in [0.4, 0.5) is 16.0 Å². The average molecular weight is 392 g/mol. The summed E-state index contributed by atoms with van der Waals surface area (Å²) in [6, 6.07) is 0.154. The van der Waals surface area contributed by atoms with E-state index in [2.05, 4.69) is 27.0 Å². The number of nitrogens with zero attached hydrogens (tertiary/aromatic N) is 4. The first-order chi connectivity index (χ1) is 12.9. The first kappa shape index (κ1) is 18.4. The highest BCUT2D eigenvalue weighted by Gasteiger charge is 2.50. The Bertz CT molecular complexity index is 886. The van der Waals surface area contributed by atoms with Crippen molar-refractivity contribution in [1.82, 2.24) is 19.7 Å². The highest BCUT2D eigenvalue weighted by atomic mass is 35.5. The fraction of sp³-hybridized carbons (Fsp3) is 0.526. The van der Waals surface area contributed by atoms with Gasteiger partial charge in [0.1, 0.15) is 0 Å². The summed E-state index contributed by atoms with van der Waals surface area (Å²) in [6.45, 7) is 8.80. The average Bonchev–Trinajstić information content (AvgIpc) is 3.29. The van der Waals surface area contributed by atoms with Crippen LogP contribution in [0.5, 0.6) is 0 Å². The summed E-state index contributed by atoms with van der Waals surface area (Å²) in [6.07, 6.45) is 4.33. The topological polar surface area (TPSA) is 64.9 Å². The Balaban J connectivity index is 1.71. The maximum Gasteiger partial charge on any atom is 0.227 e. The first-order valence-electron chi connectivity index (χ1n) is 9.21. The Morgan fingerprint density at radius 1 is 1.33 bits per heavy atom. The van der Waals surface area contributed by atoms with Gasteiger partial charge in [-0.1, -0.05) is 18.2 Å². The minimum atomic E-state index is -1.33. The lowest BCUT2D eigenvalue weighted by atomic mass is 10.1. The van der Waals surface area contributed by atoms with Gasteiger partial charge < -0.3 is 10.1 Å². The van der Waals surface area contributed by atoms with Crippen molar-refractivity contribution in [2.24, 2.45) is 0 Å². The minimum absolute atomic E-state index is 0.154. The zero-order valence-corrected chi connectivity index (χ0v) is 16.3. The van der Waals surface area contributed by atoms with E-state index in [1.165, 1.54) is 0 Å². The van der Waals surface area contributed by atoms with Crippen LogP contribution in [0.25, 0.3) is 5.03 Å². The number of anilines is 2. The van der Waals surface area contributed by atoms with E-state index in [9.17, 15) is 0 Å². The smallest absolute Gasteiger partial charge is 0.227 e. The molecule has 8 heteroatoms. The molecule has 0 unspecified atom stereocenters. The molecule has 6 nitrogen and oxygen atoms in total. The number of ether oxygens (including phenoxy) is 1. The van der Waals surface area contributed by atoms with E-state index in [1.807, 2.05) is 18.5 Å². The van der Waals surface area contributed by atoms with E-state index in [0.29, 0.717) is 59.7 Å². The van der Waals surface area contributed by atoms with Gasteiger partial charge in [0, 0.05) is 30.0 Å². The lowest BCUT2D eigenvalue weighted by molar-refractivity contribution is 0.0636. The van der Waals surface area contributed by atoms with E-state index in [1.54, 1.807) is 6.20 Å². The molecule has 0 bridgehead atoms. The standard InChI is InChI=1S/C19H23ClFN5O/c1-11(20)15-10-22-18(23-12(15)2)24-16-13(3)25-26(14-4-8-27-9-5-14)17(16)19(21)6-7-19/h10,14H,1,4-9H2,2-3H3,(H,22,23,24). The summed E-state index contributed by atoms with van der Waals surface area (Å²) < 4.78 is 22.6. The second kappa shape index (κ2) is 6.87. The molecule has 1 saturated heterocycles. The van der Waals surface area contributed by atoms with Crippen molar-refractivity contribution in [2.75, 3.05) is 18.5 Å². The first-order valence-corrected chi connectivity index (χ1v) is 9.58. The fourth-order valence-electron chi connectivity index (χ4n) is 3.57. The van der Waals surface area contributed by atoms with Gasteiger partial charge in [0.05, 0.1) is 28.8 Å². The van der Waals surface area contributed by atoms with Crippen LogP contribution in [0.3, 0.4) is 0 Å². The van der Waals surface area contributed by atoms with Gasteiger partial charge in [-0.3, -0.25) is 4.68 Å². The molecule has 2 aliphatic rings. The maximum absolute atomic E-state index is 15.3. The van der Waals surface area contributed by atoms with E-state index in [0.717, 1.165) is 18.5 Å². The van der Waals surface area contributed by atoms with Crippen LogP contribution in [0.15, 0.2) is 12.8 Å². The van der Waals surface area contributed by atoms with Crippen LogP contribution in [0, 0.1) is 13.8 Å². The molecule has 27 heavy (non-hydrogen) atoms. The molecule has 0 radical (unpaired) electrons. The largest absolute Gasteiger partial charge is 0.381 e. The van der Waals surface area contributed by atoms with E-state index >= 15 is 4.39 Å². The van der Waals surface area contributed by atoms with Gasteiger partial charge >= 0.3 is 0 Å². The number of hydrogen-bond donors (Lipinski definition) is 1. The molecule has 1 aliphatic heterocycles. The van der Waals surface area contributed by atoms with Crippen molar-refractivity contribution in [1.29, 1.82) is 0 Å². The van der Waals surface area contributed by atoms with Gasteiger partial charge in [0.2, 0.25) is 5.95 Å². The van der Waals surface area contributed by atoms with Crippen LogP contribution >= 0.6 is 11.6 Å². The number of halogens is 2. The Labute approximate surface area is 162 Å². The molecule has 0 amide bonds. The summed E-state index contributed by atoms with van der Waals surface area (Å²) in [7, 11) is 0. The van der Waals surface area contributed by atoms with Gasteiger partial charge in [0.25, 0.3) is 0 Å². The van der Waals surface area contributed by atoms with Gasteiger partial charge in [-0.25, -0.2) is 14.4 Å². The maximum atomic E-state index is 15.3. The van der Waals surface area contributed by atoms with Crippen LogP contribution < -0.4 is 5.32 Å². The van der Waals surface area contributed by atoms with Crippen molar-refractivity contribution in [3.8, 4) is 0 Å². The number of alkyl halides is 1. The van der Waals surface area contributed by atoms with Crippen molar-refractivity contribution >= 4 is 28.3 Å². The molecule has 1 aliphatic carbocycles. The molecule has 1 saturated carbocycles. The molecule has 2 aromatic rings. The molecule has 0 aromatic carbocycles. The monoisotopic (exact) mass is 391 g/mol. The summed E-state index contributed by atoms with van der Waals surface area (Å²) in [5.74, 6) is 0.397. The molecule has 0 spiro atoms. The predicted octanol–water partition coefficient (Wildman–Crippen LogP) is 4.55. The molecule has 1 N–H and O–H groups in total. The zero-order chi connectivity index (χ0) is 19.2. The van der Waals surface area contributed by atoms with E-state index < -0.39 is 5.67 Å². The summed E-state index contributed by atoms with van der Waals surface area (Å²) in [4.78, 5) is 8.76. The number of aromatic nitrogens is 4. The van der Waals surface area contributed by atoms with Gasteiger partial charge in [-0.2, -0.15) is 5.10 Å². The second-order valence-electron chi connectivity index (χ2n) is 7.29. The molecular formula is C19H23ClFN5O. The number of rotatable bonds is 5. The van der Waals surface area contributed by atoms with Crippen molar-refractivity contribution < 1.29 is 9.13 Å². The Morgan fingerprint density at radius 2 is 2.04 bits per heavy atom. The second-order valence-corrected chi connectivity index (χ2v) is 7.74. The Hall–Kier alpha value is -1.99. The molecule has 0 atom stereocenters. The van der Waals surface area contributed by atoms with Crippen LogP contribution in [0.1, 0.15) is 54.4 Å². The molecule has 2 fully saturated rings. The van der Waals surface area contributed by atoms with Crippen LogP contribution in [0.2, 0.25) is 0 Å². The minimum Gasteiger partial charge on any atom is -0.381 e. The third-order valence-corrected chi connectivity index (χ3v) is 5.45. The molecular weight excluding hydrogens is 369 g/mol. The number of hydrogen-bond acceptors (Lipinski definition) is 5. The Morgan fingerprint density at radius 3 is 2.63 bits per heavy atom. The summed E-state index contributed by atoms with van der Waals surface area (Å²) >= 11 is 5.96. The number of aryl methyl sites for hydroxylation is 2. The quantitative estimate of drug-likeness (QED) is 0.809. The zero-order valence-electron chi connectivity index (χ0n) is 15.6. The van der Waals surface area contributed by atoms with Gasteiger partial charge in [-0.15, -0.1) is 0 Å². The van der Waals surface area contributed by atoms with Crippen LogP contribution in [-0.2, 0) is 10.4 Å². The highest BCUT2D eigenvalue weighted by Crippen LogP contribution is 2.53.